The van der Waals surface area contributed by atoms with Crippen molar-refractivity contribution < 1.29 is 24.0 Å². The average molecular weight is 796 g/mol. The molecule has 5 rings (SSSR count). The molecular formula is C48H53N5O6. The second-order valence-corrected chi connectivity index (χ2v) is 14.5. The number of carbonyl (C=O) groups is 2. The summed E-state index contributed by atoms with van der Waals surface area (Å²) >= 11 is 0. The molecule has 59 heavy (non-hydrogen) atoms. The maximum absolute atomic E-state index is 13.2. The van der Waals surface area contributed by atoms with Gasteiger partial charge in [0, 0.05) is 0 Å². The van der Waals surface area contributed by atoms with E-state index in [2.05, 4.69) is 58.6 Å². The van der Waals surface area contributed by atoms with E-state index in [0.29, 0.717) is 22.7 Å². The molecule has 0 aliphatic rings. The van der Waals surface area contributed by atoms with Crippen LogP contribution in [0, 0.1) is 10.1 Å². The fourth-order valence-electron chi connectivity index (χ4n) is 6.46. The first kappa shape index (κ1) is 43.8. The quantitative estimate of drug-likeness (QED) is 0.0161. The largest absolute Gasteiger partial charge is 0.423 e. The van der Waals surface area contributed by atoms with Gasteiger partial charge in [-0.1, -0.05) is 108 Å². The van der Waals surface area contributed by atoms with E-state index in [-0.39, 0.29) is 11.5 Å². The normalized spacial score (nSPS) is 11.3. The van der Waals surface area contributed by atoms with Gasteiger partial charge in [0.1, 0.15) is 22.6 Å². The number of carbonyl (C=O) groups excluding carboxylic acids is 2. The summed E-state index contributed by atoms with van der Waals surface area (Å²) in [5, 5.41) is 29.3. The SMILES string of the molecule is CCCCCCCCc1ccc(N=Nc2ccc(OC(=O)c3cccc(C(=O)Oc4ccc(N=Nc5ccc(CCCCCCCC)cc5)cc4)c3[N+](=O)[O-])cc2)cc1. The number of hydrogen-bond donors (Lipinski definition) is 0. The van der Waals surface area contributed by atoms with Gasteiger partial charge in [-0.25, -0.2) is 9.59 Å². The number of hydrogen-bond acceptors (Lipinski definition) is 10. The van der Waals surface area contributed by atoms with E-state index < -0.39 is 33.7 Å². The van der Waals surface area contributed by atoms with E-state index in [1.165, 1.54) is 131 Å². The van der Waals surface area contributed by atoms with Crippen LogP contribution in [0.5, 0.6) is 11.5 Å². The van der Waals surface area contributed by atoms with Crippen LogP contribution in [0.4, 0.5) is 28.4 Å². The Morgan fingerprint density at radius 2 is 0.797 bits per heavy atom. The van der Waals surface area contributed by atoms with Crippen molar-refractivity contribution >= 4 is 40.4 Å². The lowest BCUT2D eigenvalue weighted by molar-refractivity contribution is -0.385. The van der Waals surface area contributed by atoms with E-state index in [0.717, 1.165) is 12.8 Å². The van der Waals surface area contributed by atoms with E-state index in [1.807, 2.05) is 24.3 Å². The molecule has 5 aromatic rings. The minimum absolute atomic E-state index is 0.132. The highest BCUT2D eigenvalue weighted by Crippen LogP contribution is 2.29. The number of benzene rings is 5. The molecule has 0 aromatic heterocycles. The van der Waals surface area contributed by atoms with Crippen LogP contribution >= 0.6 is 0 Å². The summed E-state index contributed by atoms with van der Waals surface area (Å²) in [6, 6.07) is 32.3. The summed E-state index contributed by atoms with van der Waals surface area (Å²) in [7, 11) is 0. The summed E-state index contributed by atoms with van der Waals surface area (Å²) in [5.41, 5.74) is 3.49. The molecule has 0 radical (unpaired) electrons. The molecule has 306 valence electrons. The molecule has 11 heteroatoms. The van der Waals surface area contributed by atoms with Crippen molar-refractivity contribution in [2.75, 3.05) is 0 Å². The summed E-state index contributed by atoms with van der Waals surface area (Å²) in [6.45, 7) is 4.45. The van der Waals surface area contributed by atoms with Gasteiger partial charge in [-0.05, 0) is 122 Å². The number of para-hydroxylation sites is 1. The van der Waals surface area contributed by atoms with Crippen molar-refractivity contribution in [3.05, 3.63) is 148 Å². The van der Waals surface area contributed by atoms with Gasteiger partial charge in [-0.3, -0.25) is 10.1 Å². The number of azo groups is 2. The molecule has 0 spiro atoms. The maximum Gasteiger partial charge on any atom is 0.350 e. The van der Waals surface area contributed by atoms with Crippen LogP contribution in [0.2, 0.25) is 0 Å². The lowest BCUT2D eigenvalue weighted by Crippen LogP contribution is -2.16. The summed E-state index contributed by atoms with van der Waals surface area (Å²) in [4.78, 5) is 37.7. The molecule has 0 atom stereocenters. The zero-order valence-electron chi connectivity index (χ0n) is 34.1. The highest BCUT2D eigenvalue weighted by atomic mass is 16.6. The number of esters is 2. The molecule has 0 saturated carbocycles. The molecule has 0 heterocycles. The van der Waals surface area contributed by atoms with Gasteiger partial charge < -0.3 is 9.47 Å². The van der Waals surface area contributed by atoms with Crippen molar-refractivity contribution in [3.63, 3.8) is 0 Å². The third kappa shape index (κ3) is 14.5. The zero-order valence-corrected chi connectivity index (χ0v) is 34.1. The maximum atomic E-state index is 13.2. The van der Waals surface area contributed by atoms with Crippen molar-refractivity contribution in [1.29, 1.82) is 0 Å². The summed E-state index contributed by atoms with van der Waals surface area (Å²) in [6.07, 6.45) is 17.2. The third-order valence-electron chi connectivity index (χ3n) is 9.83. The van der Waals surface area contributed by atoms with E-state index >= 15 is 0 Å². The fraction of sp³-hybridized carbons (Fsp3) is 0.333. The smallest absolute Gasteiger partial charge is 0.350 e. The predicted molar refractivity (Wildman–Crippen MR) is 231 cm³/mol. The molecule has 11 nitrogen and oxygen atoms in total. The lowest BCUT2D eigenvalue weighted by atomic mass is 10.0. The number of nitro groups is 1. The summed E-state index contributed by atoms with van der Waals surface area (Å²) in [5.74, 6) is -1.76. The fourth-order valence-corrected chi connectivity index (χ4v) is 6.46. The van der Waals surface area contributed by atoms with Gasteiger partial charge in [-0.2, -0.15) is 20.5 Å². The lowest BCUT2D eigenvalue weighted by Gasteiger charge is -2.09. The van der Waals surface area contributed by atoms with Crippen LogP contribution in [0.15, 0.2) is 136 Å². The number of unbranched alkanes of at least 4 members (excludes halogenated alkanes) is 10. The van der Waals surface area contributed by atoms with Gasteiger partial charge in [0.05, 0.1) is 27.7 Å². The monoisotopic (exact) mass is 795 g/mol. The molecule has 0 aliphatic heterocycles. The van der Waals surface area contributed by atoms with Gasteiger partial charge in [0.2, 0.25) is 0 Å². The molecular weight excluding hydrogens is 743 g/mol. The van der Waals surface area contributed by atoms with Crippen LogP contribution in [0.25, 0.3) is 0 Å². The number of nitro benzene ring substituents is 1. The topological polar surface area (TPSA) is 145 Å². The molecule has 0 amide bonds. The Balaban J connectivity index is 1.12. The van der Waals surface area contributed by atoms with E-state index in [4.69, 9.17) is 9.47 Å². The second-order valence-electron chi connectivity index (χ2n) is 14.5. The Labute approximate surface area is 346 Å². The van der Waals surface area contributed by atoms with Crippen molar-refractivity contribution in [3.8, 4) is 11.5 Å². The van der Waals surface area contributed by atoms with Crippen LogP contribution in [0.1, 0.15) is 123 Å². The van der Waals surface area contributed by atoms with Gasteiger partial charge in [0.15, 0.2) is 0 Å². The Morgan fingerprint density at radius 1 is 0.475 bits per heavy atom. The first-order chi connectivity index (χ1) is 28.8. The van der Waals surface area contributed by atoms with Gasteiger partial charge in [0.25, 0.3) is 5.69 Å². The van der Waals surface area contributed by atoms with Gasteiger partial charge in [-0.15, -0.1) is 0 Å². The molecule has 0 bridgehead atoms. The molecule has 0 saturated heterocycles. The average Bonchev–Trinajstić information content (AvgIpc) is 3.26. The van der Waals surface area contributed by atoms with Crippen molar-refractivity contribution in [1.82, 2.24) is 0 Å². The van der Waals surface area contributed by atoms with E-state index in [1.54, 1.807) is 24.3 Å². The second kappa shape index (κ2) is 23.8. The van der Waals surface area contributed by atoms with Crippen LogP contribution < -0.4 is 9.47 Å². The number of ether oxygens (including phenoxy) is 2. The van der Waals surface area contributed by atoms with E-state index in [9.17, 15) is 19.7 Å². The van der Waals surface area contributed by atoms with Crippen LogP contribution in [-0.4, -0.2) is 16.9 Å². The highest BCUT2D eigenvalue weighted by molar-refractivity contribution is 6.03. The van der Waals surface area contributed by atoms with Crippen LogP contribution in [-0.2, 0) is 12.8 Å². The Hall–Kier alpha value is -6.36. The number of rotatable bonds is 23. The van der Waals surface area contributed by atoms with Crippen LogP contribution in [0.3, 0.4) is 0 Å². The standard InChI is InChI=1S/C48H53N5O6/c1-3-5-7-9-11-13-16-36-20-24-38(25-21-36)49-51-40-28-32-42(33-29-40)58-47(54)44-18-15-19-45(46(44)53(56)57)48(55)59-43-34-30-41(31-35-43)52-50-39-26-22-37(23-27-39)17-14-12-10-8-6-4-2/h15,18-35H,3-14,16-17H2,1-2H3. The minimum atomic E-state index is -1.01. The first-order valence-corrected chi connectivity index (χ1v) is 20.8. The molecule has 0 aliphatic carbocycles. The van der Waals surface area contributed by atoms with Gasteiger partial charge >= 0.3 is 11.9 Å². The summed E-state index contributed by atoms with van der Waals surface area (Å²) < 4.78 is 10.9. The Morgan fingerprint density at radius 3 is 1.14 bits per heavy atom. The predicted octanol–water partition coefficient (Wildman–Crippen LogP) is 14.7. The minimum Gasteiger partial charge on any atom is -0.423 e. The van der Waals surface area contributed by atoms with Crippen molar-refractivity contribution in [2.45, 2.75) is 104 Å². The molecule has 0 fully saturated rings. The highest BCUT2D eigenvalue weighted by Gasteiger charge is 2.30. The Bertz CT molecular complexity index is 2000. The third-order valence-corrected chi connectivity index (χ3v) is 9.83. The number of nitrogens with zero attached hydrogens (tertiary/aromatic N) is 5. The molecule has 0 unspecified atom stereocenters. The Kier molecular flexibility index (Phi) is 17.6. The van der Waals surface area contributed by atoms with Crippen molar-refractivity contribution in [2.24, 2.45) is 20.5 Å². The number of aryl methyl sites for hydroxylation is 2. The molecule has 5 aromatic carbocycles. The first-order valence-electron chi connectivity index (χ1n) is 20.8. The molecule has 0 N–H and O–H groups in total. The zero-order chi connectivity index (χ0) is 41.7.